The minimum absolute atomic E-state index is 0.0666. The zero-order chi connectivity index (χ0) is 16.7. The first-order chi connectivity index (χ1) is 9.45. The fourth-order valence-corrected chi connectivity index (χ4v) is 3.86. The molecule has 21 heavy (non-hydrogen) atoms. The molecule has 1 aromatic carbocycles. The number of benzene rings is 1. The number of hydrogen-bond donors (Lipinski definition) is 2. The standard InChI is InChI=1S/C8H18OSi.C7H8O3S/c1-8(5-6-9)7-10(2,3)4;1-6-2-4-7(5-3-6)11(8,9)10/h9H,1,5-7H2,2-4H3;2-5H,1H3,(H,8,9,10). The lowest BCUT2D eigenvalue weighted by Crippen LogP contribution is -2.19. The van der Waals surface area contributed by atoms with Crippen LogP contribution in [0, 0.1) is 6.92 Å². The van der Waals surface area contributed by atoms with E-state index in [1.54, 1.807) is 12.1 Å². The van der Waals surface area contributed by atoms with Crippen LogP contribution in [0.15, 0.2) is 41.3 Å². The molecule has 0 aliphatic rings. The predicted molar refractivity (Wildman–Crippen MR) is 90.0 cm³/mol. The van der Waals surface area contributed by atoms with Crippen LogP contribution < -0.4 is 0 Å². The van der Waals surface area contributed by atoms with Crippen LogP contribution in [0.3, 0.4) is 0 Å². The van der Waals surface area contributed by atoms with Gasteiger partial charge in [-0.15, -0.1) is 6.58 Å². The maximum Gasteiger partial charge on any atom is 0.294 e. The van der Waals surface area contributed by atoms with Crippen molar-refractivity contribution in [2.45, 2.75) is 43.9 Å². The van der Waals surface area contributed by atoms with Crippen LogP contribution in [-0.2, 0) is 10.1 Å². The molecule has 0 atom stereocenters. The van der Waals surface area contributed by atoms with E-state index >= 15 is 0 Å². The van der Waals surface area contributed by atoms with Crippen molar-refractivity contribution in [1.29, 1.82) is 0 Å². The monoisotopic (exact) mass is 330 g/mol. The first-order valence-corrected chi connectivity index (χ1v) is 11.9. The van der Waals surface area contributed by atoms with E-state index < -0.39 is 18.2 Å². The van der Waals surface area contributed by atoms with Crippen LogP contribution in [-0.4, -0.2) is 32.8 Å². The summed E-state index contributed by atoms with van der Waals surface area (Å²) in [5, 5.41) is 8.59. The van der Waals surface area contributed by atoms with E-state index in [1.807, 2.05) is 6.92 Å². The molecule has 0 fully saturated rings. The second kappa shape index (κ2) is 8.48. The molecule has 0 aromatic heterocycles. The van der Waals surface area contributed by atoms with Gasteiger partial charge in [-0.2, -0.15) is 8.42 Å². The minimum Gasteiger partial charge on any atom is -0.396 e. The van der Waals surface area contributed by atoms with Crippen LogP contribution in [0.5, 0.6) is 0 Å². The van der Waals surface area contributed by atoms with Crippen LogP contribution in [0.4, 0.5) is 0 Å². The lowest BCUT2D eigenvalue weighted by atomic mass is 10.2. The van der Waals surface area contributed by atoms with Crippen LogP contribution >= 0.6 is 0 Å². The van der Waals surface area contributed by atoms with Gasteiger partial charge in [0.15, 0.2) is 0 Å². The Hall–Kier alpha value is -0.953. The Morgan fingerprint density at radius 3 is 2.00 bits per heavy atom. The molecule has 0 saturated heterocycles. The summed E-state index contributed by atoms with van der Waals surface area (Å²) < 4.78 is 29.6. The topological polar surface area (TPSA) is 74.6 Å². The molecule has 0 bridgehead atoms. The molecule has 0 aliphatic heterocycles. The van der Waals surface area contributed by atoms with Crippen molar-refractivity contribution in [3.8, 4) is 0 Å². The van der Waals surface area contributed by atoms with E-state index in [1.165, 1.54) is 17.7 Å². The summed E-state index contributed by atoms with van der Waals surface area (Å²) in [5.41, 5.74) is 2.17. The Labute approximate surface area is 129 Å². The van der Waals surface area contributed by atoms with Gasteiger partial charge in [-0.3, -0.25) is 4.55 Å². The summed E-state index contributed by atoms with van der Waals surface area (Å²) >= 11 is 0. The van der Waals surface area contributed by atoms with Crippen LogP contribution in [0.2, 0.25) is 25.7 Å². The molecule has 1 rings (SSSR count). The number of aliphatic hydroxyl groups is 1. The number of rotatable bonds is 5. The molecule has 0 spiro atoms. The predicted octanol–water partition coefficient (Wildman–Crippen LogP) is 3.50. The third-order valence-corrected chi connectivity index (χ3v) is 4.99. The highest BCUT2D eigenvalue weighted by molar-refractivity contribution is 7.85. The SMILES string of the molecule is C=C(CCO)C[Si](C)(C)C.Cc1ccc(S(=O)(=O)O)cc1. The molecular formula is C15H26O4SSi. The van der Waals surface area contributed by atoms with Gasteiger partial charge in [-0.25, -0.2) is 0 Å². The normalized spacial score (nSPS) is 11.5. The van der Waals surface area contributed by atoms with Crippen molar-refractivity contribution in [3.63, 3.8) is 0 Å². The molecule has 1 aromatic rings. The summed E-state index contributed by atoms with van der Waals surface area (Å²) in [6, 6.07) is 7.13. The Bertz CT molecular complexity index is 542. The first kappa shape index (κ1) is 20.0. The van der Waals surface area contributed by atoms with E-state index in [2.05, 4.69) is 26.2 Å². The smallest absolute Gasteiger partial charge is 0.294 e. The van der Waals surface area contributed by atoms with Crippen molar-refractivity contribution in [3.05, 3.63) is 42.0 Å². The zero-order valence-corrected chi connectivity index (χ0v) is 15.1. The molecule has 0 saturated carbocycles. The molecule has 120 valence electrons. The van der Waals surface area contributed by atoms with E-state index in [0.717, 1.165) is 18.0 Å². The maximum absolute atomic E-state index is 10.5. The quantitative estimate of drug-likeness (QED) is 0.492. The summed E-state index contributed by atoms with van der Waals surface area (Å²) in [5.74, 6) is 0. The van der Waals surface area contributed by atoms with Crippen molar-refractivity contribution >= 4 is 18.2 Å². The molecule has 4 nitrogen and oxygen atoms in total. The van der Waals surface area contributed by atoms with E-state index in [-0.39, 0.29) is 11.5 Å². The van der Waals surface area contributed by atoms with Gasteiger partial charge >= 0.3 is 0 Å². The summed E-state index contributed by atoms with van der Waals surface area (Å²) in [6.07, 6.45) is 0.782. The van der Waals surface area contributed by atoms with Gasteiger partial charge in [-0.05, 0) is 31.5 Å². The highest BCUT2D eigenvalue weighted by atomic mass is 32.2. The van der Waals surface area contributed by atoms with Gasteiger partial charge in [0.1, 0.15) is 0 Å². The lowest BCUT2D eigenvalue weighted by molar-refractivity contribution is 0.299. The summed E-state index contributed by atoms with van der Waals surface area (Å²) in [4.78, 5) is -0.0666. The fourth-order valence-electron chi connectivity index (χ4n) is 1.71. The third kappa shape index (κ3) is 10.4. The van der Waals surface area contributed by atoms with Gasteiger partial charge in [0, 0.05) is 14.7 Å². The van der Waals surface area contributed by atoms with Gasteiger partial charge in [0.25, 0.3) is 10.1 Å². The largest absolute Gasteiger partial charge is 0.396 e. The highest BCUT2D eigenvalue weighted by Crippen LogP contribution is 2.16. The zero-order valence-electron chi connectivity index (χ0n) is 13.3. The number of aryl methyl sites for hydroxylation is 1. The first-order valence-electron chi connectivity index (χ1n) is 6.77. The molecule has 6 heteroatoms. The Morgan fingerprint density at radius 2 is 1.67 bits per heavy atom. The van der Waals surface area contributed by atoms with Gasteiger partial charge in [0.05, 0.1) is 4.90 Å². The number of aliphatic hydroxyl groups excluding tert-OH is 1. The number of hydrogen-bond acceptors (Lipinski definition) is 3. The Kier molecular flexibility index (Phi) is 8.10. The van der Waals surface area contributed by atoms with Crippen LogP contribution in [0.1, 0.15) is 12.0 Å². The van der Waals surface area contributed by atoms with Gasteiger partial charge in [0.2, 0.25) is 0 Å². The molecule has 0 unspecified atom stereocenters. The molecular weight excluding hydrogens is 304 g/mol. The lowest BCUT2D eigenvalue weighted by Gasteiger charge is -2.16. The maximum atomic E-state index is 10.5. The fraction of sp³-hybridized carbons (Fsp3) is 0.467. The molecule has 0 heterocycles. The highest BCUT2D eigenvalue weighted by Gasteiger charge is 2.13. The van der Waals surface area contributed by atoms with Crippen molar-refractivity contribution < 1.29 is 18.1 Å². The molecule has 2 N–H and O–H groups in total. The second-order valence-electron chi connectivity index (χ2n) is 6.25. The van der Waals surface area contributed by atoms with Crippen LogP contribution in [0.25, 0.3) is 0 Å². The molecule has 0 aliphatic carbocycles. The average molecular weight is 331 g/mol. The van der Waals surface area contributed by atoms with E-state index in [9.17, 15) is 8.42 Å². The third-order valence-electron chi connectivity index (χ3n) is 2.56. The van der Waals surface area contributed by atoms with Crippen molar-refractivity contribution in [2.24, 2.45) is 0 Å². The summed E-state index contributed by atoms with van der Waals surface area (Å²) in [7, 11) is -4.99. The van der Waals surface area contributed by atoms with Gasteiger partial charge < -0.3 is 5.11 Å². The Balaban J connectivity index is 0.000000384. The average Bonchev–Trinajstić information content (AvgIpc) is 2.26. The van der Waals surface area contributed by atoms with Gasteiger partial charge in [-0.1, -0.05) is 42.9 Å². The molecule has 0 radical (unpaired) electrons. The van der Waals surface area contributed by atoms with Crippen molar-refractivity contribution in [2.75, 3.05) is 6.61 Å². The van der Waals surface area contributed by atoms with E-state index in [4.69, 9.17) is 9.66 Å². The Morgan fingerprint density at radius 1 is 1.19 bits per heavy atom. The summed E-state index contributed by atoms with van der Waals surface area (Å²) in [6.45, 7) is 12.9. The van der Waals surface area contributed by atoms with Crippen molar-refractivity contribution in [1.82, 2.24) is 0 Å². The van der Waals surface area contributed by atoms with E-state index in [0.29, 0.717) is 0 Å². The second-order valence-corrected chi connectivity index (χ2v) is 13.1. The molecule has 0 amide bonds. The minimum atomic E-state index is -4.02.